The van der Waals surface area contributed by atoms with E-state index in [4.69, 9.17) is 23.2 Å². The Labute approximate surface area is 176 Å². The van der Waals surface area contributed by atoms with Crippen LogP contribution in [-0.2, 0) is 16.1 Å². The molecule has 1 aliphatic carbocycles. The number of ketones is 2. The summed E-state index contributed by atoms with van der Waals surface area (Å²) in [6, 6.07) is 9.91. The van der Waals surface area contributed by atoms with Crippen molar-refractivity contribution in [2.45, 2.75) is 20.4 Å². The van der Waals surface area contributed by atoms with Crippen molar-refractivity contribution in [2.24, 2.45) is 0 Å². The van der Waals surface area contributed by atoms with E-state index in [1.54, 1.807) is 24.6 Å². The molecule has 0 fully saturated rings. The molecule has 6 heteroatoms. The maximum atomic E-state index is 12.6. The molecule has 1 aromatic rings. The molecule has 0 saturated carbocycles. The predicted octanol–water partition coefficient (Wildman–Crippen LogP) is 4.63. The number of allylic oxidation sites excluding steroid dienone is 6. The molecule has 28 heavy (non-hydrogen) atoms. The van der Waals surface area contributed by atoms with E-state index < -0.39 is 11.6 Å². The summed E-state index contributed by atoms with van der Waals surface area (Å²) in [5.41, 5.74) is 1.36. The van der Waals surface area contributed by atoms with E-state index in [-0.39, 0.29) is 21.2 Å². The summed E-state index contributed by atoms with van der Waals surface area (Å²) in [5, 5.41) is -0.221. The van der Waals surface area contributed by atoms with Gasteiger partial charge in [0.25, 0.3) is 0 Å². The maximum Gasteiger partial charge on any atom is 0.206 e. The van der Waals surface area contributed by atoms with Gasteiger partial charge in [0.2, 0.25) is 11.6 Å². The SMILES string of the molecule is CCN(/C=C/C1=C(Cl)C(=O)C(/C=C/N(C)Cc2ccccc2)=C(Cl)C1=O)CC. The molecule has 4 nitrogen and oxygen atoms in total. The molecule has 0 unspecified atom stereocenters. The van der Waals surface area contributed by atoms with Crippen LogP contribution >= 0.6 is 23.2 Å². The zero-order chi connectivity index (χ0) is 20.7. The molecule has 0 heterocycles. The van der Waals surface area contributed by atoms with Crippen LogP contribution in [0.15, 0.2) is 76.1 Å². The molecule has 0 bridgehead atoms. The van der Waals surface area contributed by atoms with Crippen molar-refractivity contribution in [3.63, 3.8) is 0 Å². The van der Waals surface area contributed by atoms with Gasteiger partial charge in [0, 0.05) is 37.8 Å². The minimum Gasteiger partial charge on any atom is -0.378 e. The molecule has 148 valence electrons. The van der Waals surface area contributed by atoms with Crippen LogP contribution in [-0.4, -0.2) is 41.5 Å². The lowest BCUT2D eigenvalue weighted by molar-refractivity contribution is -0.115. The Balaban J connectivity index is 2.18. The van der Waals surface area contributed by atoms with Crippen LogP contribution in [0.2, 0.25) is 0 Å². The van der Waals surface area contributed by atoms with Crippen LogP contribution in [0.25, 0.3) is 0 Å². The number of halogens is 2. The lowest BCUT2D eigenvalue weighted by Gasteiger charge is -2.18. The fraction of sp³-hybridized carbons (Fsp3) is 0.273. The fourth-order valence-corrected chi connectivity index (χ4v) is 3.22. The highest BCUT2D eigenvalue weighted by Crippen LogP contribution is 2.31. The molecule has 0 aromatic heterocycles. The third kappa shape index (κ3) is 5.37. The van der Waals surface area contributed by atoms with Gasteiger partial charge >= 0.3 is 0 Å². The number of carbonyl (C=O) groups excluding carboxylic acids is 2. The van der Waals surface area contributed by atoms with Gasteiger partial charge in [-0.2, -0.15) is 0 Å². The van der Waals surface area contributed by atoms with Gasteiger partial charge in [-0.25, -0.2) is 0 Å². The summed E-state index contributed by atoms with van der Waals surface area (Å²) in [7, 11) is 1.88. The number of Topliss-reactive ketones (excluding diaryl/α,β-unsaturated/α-hetero) is 2. The highest BCUT2D eigenvalue weighted by molar-refractivity contribution is 6.56. The lowest BCUT2D eigenvalue weighted by atomic mass is 9.96. The van der Waals surface area contributed by atoms with Gasteiger partial charge in [0.1, 0.15) is 0 Å². The molecule has 1 aliphatic rings. The fourth-order valence-electron chi connectivity index (χ4n) is 2.72. The zero-order valence-electron chi connectivity index (χ0n) is 16.3. The van der Waals surface area contributed by atoms with Crippen LogP contribution in [0.4, 0.5) is 0 Å². The molecule has 0 spiro atoms. The van der Waals surface area contributed by atoms with Crippen LogP contribution in [0.1, 0.15) is 19.4 Å². The van der Waals surface area contributed by atoms with Crippen molar-refractivity contribution in [3.8, 4) is 0 Å². The quantitative estimate of drug-likeness (QED) is 0.577. The van der Waals surface area contributed by atoms with Crippen molar-refractivity contribution in [3.05, 3.63) is 81.7 Å². The maximum absolute atomic E-state index is 12.6. The molecule has 0 amide bonds. The smallest absolute Gasteiger partial charge is 0.206 e. The summed E-state index contributed by atoms with van der Waals surface area (Å²) >= 11 is 12.4. The number of rotatable bonds is 8. The summed E-state index contributed by atoms with van der Waals surface area (Å²) in [5.74, 6) is -0.894. The summed E-state index contributed by atoms with van der Waals surface area (Å²) in [6.45, 7) is 6.22. The monoisotopic (exact) mass is 418 g/mol. The van der Waals surface area contributed by atoms with E-state index >= 15 is 0 Å². The first-order valence-corrected chi connectivity index (χ1v) is 9.88. The normalized spacial score (nSPS) is 15.3. The largest absolute Gasteiger partial charge is 0.378 e. The Kier molecular flexibility index (Phi) is 8.09. The average molecular weight is 419 g/mol. The molecule has 0 N–H and O–H groups in total. The predicted molar refractivity (Wildman–Crippen MR) is 115 cm³/mol. The highest BCUT2D eigenvalue weighted by atomic mass is 35.5. The Morgan fingerprint density at radius 3 is 1.86 bits per heavy atom. The minimum atomic E-state index is -0.449. The van der Waals surface area contributed by atoms with E-state index in [0.717, 1.165) is 18.7 Å². The number of hydrogen-bond donors (Lipinski definition) is 0. The Morgan fingerprint density at radius 2 is 1.36 bits per heavy atom. The molecular formula is C22H24Cl2N2O2. The Bertz CT molecular complexity index is 851. The van der Waals surface area contributed by atoms with Gasteiger partial charge in [-0.05, 0) is 44.0 Å². The second kappa shape index (κ2) is 10.3. The number of nitrogens with zero attached hydrogens (tertiary/aromatic N) is 2. The Morgan fingerprint density at radius 1 is 0.857 bits per heavy atom. The first-order chi connectivity index (χ1) is 13.4. The van der Waals surface area contributed by atoms with Gasteiger partial charge in [0.05, 0.1) is 10.1 Å². The van der Waals surface area contributed by atoms with Crippen LogP contribution < -0.4 is 0 Å². The van der Waals surface area contributed by atoms with E-state index in [0.29, 0.717) is 6.54 Å². The van der Waals surface area contributed by atoms with Crippen molar-refractivity contribution in [2.75, 3.05) is 20.1 Å². The average Bonchev–Trinajstić information content (AvgIpc) is 2.70. The molecular weight excluding hydrogens is 395 g/mol. The topological polar surface area (TPSA) is 40.6 Å². The molecule has 2 rings (SSSR count). The van der Waals surface area contributed by atoms with Crippen molar-refractivity contribution in [1.82, 2.24) is 9.80 Å². The molecule has 1 aromatic carbocycles. The molecule has 0 atom stereocenters. The third-order valence-electron chi connectivity index (χ3n) is 4.40. The van der Waals surface area contributed by atoms with Crippen molar-refractivity contribution in [1.29, 1.82) is 0 Å². The number of carbonyl (C=O) groups is 2. The van der Waals surface area contributed by atoms with Gasteiger partial charge < -0.3 is 9.80 Å². The van der Waals surface area contributed by atoms with Gasteiger partial charge in [-0.3, -0.25) is 9.59 Å². The minimum absolute atomic E-state index is 0.108. The van der Waals surface area contributed by atoms with E-state index in [9.17, 15) is 9.59 Å². The highest BCUT2D eigenvalue weighted by Gasteiger charge is 2.30. The second-order valence-corrected chi connectivity index (χ2v) is 7.12. The van der Waals surface area contributed by atoms with Crippen molar-refractivity contribution >= 4 is 34.8 Å². The zero-order valence-corrected chi connectivity index (χ0v) is 17.8. The molecule has 0 radical (unpaired) electrons. The standard InChI is InChI=1S/C22H24Cl2N2O2/c1-4-26(5-2)14-12-18-20(24)21(27)17(19(23)22(18)28)11-13-25(3)15-16-9-7-6-8-10-16/h6-14H,4-5,15H2,1-3H3/b13-11+,14-12+. The molecule has 0 aliphatic heterocycles. The van der Waals surface area contributed by atoms with E-state index in [1.165, 1.54) is 0 Å². The van der Waals surface area contributed by atoms with Gasteiger partial charge in [0.15, 0.2) is 0 Å². The first kappa shape index (κ1) is 22.0. The van der Waals surface area contributed by atoms with E-state index in [2.05, 4.69) is 0 Å². The Hall–Kier alpha value is -2.30. The molecule has 0 saturated heterocycles. The van der Waals surface area contributed by atoms with E-state index in [1.807, 2.05) is 61.0 Å². The van der Waals surface area contributed by atoms with Gasteiger partial charge in [-0.15, -0.1) is 0 Å². The van der Waals surface area contributed by atoms with Crippen molar-refractivity contribution < 1.29 is 9.59 Å². The van der Waals surface area contributed by atoms with Crippen LogP contribution in [0.5, 0.6) is 0 Å². The number of hydrogen-bond acceptors (Lipinski definition) is 4. The van der Waals surface area contributed by atoms with Crippen LogP contribution in [0, 0.1) is 0 Å². The first-order valence-electron chi connectivity index (χ1n) is 9.12. The van der Waals surface area contributed by atoms with Gasteiger partial charge in [-0.1, -0.05) is 53.5 Å². The second-order valence-electron chi connectivity index (χ2n) is 6.37. The lowest BCUT2D eigenvalue weighted by Crippen LogP contribution is -2.20. The number of benzene rings is 1. The third-order valence-corrected chi connectivity index (χ3v) is 5.15. The van der Waals surface area contributed by atoms with Crippen LogP contribution in [0.3, 0.4) is 0 Å². The summed E-state index contributed by atoms with van der Waals surface area (Å²) < 4.78 is 0. The summed E-state index contributed by atoms with van der Waals surface area (Å²) in [6.07, 6.45) is 6.57. The summed E-state index contributed by atoms with van der Waals surface area (Å²) in [4.78, 5) is 29.1.